The summed E-state index contributed by atoms with van der Waals surface area (Å²) in [7, 11) is -0.599. The fourth-order valence-corrected chi connectivity index (χ4v) is 16.3. The minimum atomic E-state index is -6.13. The second-order valence-corrected chi connectivity index (χ2v) is 26.8. The average molecular weight is 1630 g/mol. The van der Waals surface area contributed by atoms with Crippen LogP contribution in [0.3, 0.4) is 0 Å². The van der Waals surface area contributed by atoms with Gasteiger partial charge in [-0.2, -0.15) is 127 Å². The Labute approximate surface area is 569 Å². The summed E-state index contributed by atoms with van der Waals surface area (Å²) in [6.45, 7) is 4.36. The van der Waals surface area contributed by atoms with Gasteiger partial charge >= 0.3 is 49.4 Å². The van der Waals surface area contributed by atoms with Gasteiger partial charge in [0.1, 0.15) is 11.2 Å². The number of thiazole rings is 1. The van der Waals surface area contributed by atoms with E-state index in [1.807, 2.05) is 11.3 Å². The van der Waals surface area contributed by atoms with Crippen molar-refractivity contribution in [2.45, 2.75) is 120 Å². The molecule has 2 heterocycles. The number of nitrogens with zero attached hydrogens (tertiary/aromatic N) is 2. The second-order valence-electron chi connectivity index (χ2n) is 23.8. The van der Waals surface area contributed by atoms with Crippen LogP contribution in [0.5, 0.6) is 0 Å². The van der Waals surface area contributed by atoms with Gasteiger partial charge in [0.05, 0.1) is 56.2 Å². The van der Waals surface area contributed by atoms with Gasteiger partial charge in [-0.05, 0) is 99.6 Å². The van der Waals surface area contributed by atoms with Crippen LogP contribution in [0.1, 0.15) is 112 Å². The Morgan fingerprint density at radius 3 is 0.970 bits per heavy atom. The number of rotatable bonds is 9. The second kappa shape index (κ2) is 29.6. The van der Waals surface area contributed by atoms with Gasteiger partial charge in [0.15, 0.2) is 0 Å². The van der Waals surface area contributed by atoms with Gasteiger partial charge in [0.25, 0.3) is 0 Å². The fraction of sp³-hybridized carbons (Fsp3) is 0.290. The van der Waals surface area contributed by atoms with Crippen LogP contribution in [0, 0.1) is 19.8 Å². The van der Waals surface area contributed by atoms with E-state index in [0.29, 0.717) is 18.0 Å². The molecule has 1 aromatic heterocycles. The molecular formula is C69H53BF24IrN2PS-. The Hall–Kier alpha value is -6.93. The van der Waals surface area contributed by atoms with E-state index >= 15 is 0 Å². The van der Waals surface area contributed by atoms with Crippen molar-refractivity contribution in [1.82, 2.24) is 9.65 Å². The summed E-state index contributed by atoms with van der Waals surface area (Å²) in [5, 5.41) is 6.47. The molecule has 0 amide bonds. The zero-order chi connectivity index (χ0) is 71.9. The topological polar surface area (TPSA) is 16.1 Å². The Morgan fingerprint density at radius 2 is 0.687 bits per heavy atom. The molecule has 0 N–H and O–H groups in total. The Kier molecular flexibility index (Phi) is 23.2. The molecule has 8 aromatic rings. The molecule has 99 heavy (non-hydrogen) atoms. The largest absolute Gasteiger partial charge is 0.416 e. The molecule has 3 atom stereocenters. The molecule has 11 rings (SSSR count). The van der Waals surface area contributed by atoms with Crippen molar-refractivity contribution in [3.05, 3.63) is 242 Å². The Bertz CT molecular complexity index is 3640. The predicted octanol–water partition coefficient (Wildman–Crippen LogP) is 20.9. The average Bonchev–Trinajstić information content (AvgIpc) is 1.56. The number of hydrogen-bond acceptors (Lipinski definition) is 3. The van der Waals surface area contributed by atoms with Crippen LogP contribution in [0.25, 0.3) is 11.3 Å². The summed E-state index contributed by atoms with van der Waals surface area (Å²) in [6, 6.07) is 21.4. The standard InChI is InChI=1S/C32H12BF24.C29H29N2PS.C8H12.Ir/c34-25(35,36)13-1-14(26(37,38)39)6-21(5-13)33(22-7-15(27(40,41)42)2-16(8-22)28(43,44)45,23-9-17(29(46,47)48)3-18(10-23)30(49,50)51)24-11-19(31(52,53)54)4-20(12-24)32(55,56)57;1-20-8-14-25(15-9-20)32(26-16-10-21(2)11-17-26)31-24-13-12-23(18-24)28(31)29-30-27(19-33-29)22-6-4-3-5-7-22;1-2-4-6-8-7-5-3-1;/h1-12H;3-11,14-17,19,23-24,28H,12-13,18H2,1-2H3;1-2,7-8H,3-6H2;/q-1;;;/b;;2-1-,8-7-;/t;23-,24+,28-;;/m.1../s1. The number of halogens is 24. The number of alkyl halides is 24. The van der Waals surface area contributed by atoms with E-state index in [4.69, 9.17) is 4.98 Å². The minimum absolute atomic E-state index is 0. The first-order valence-corrected chi connectivity index (χ1v) is 32.0. The van der Waals surface area contributed by atoms with E-state index in [1.54, 1.807) is 0 Å². The summed E-state index contributed by atoms with van der Waals surface area (Å²) in [5.74, 6) is 0.714. The minimum Gasteiger partial charge on any atom is -0.262 e. The first-order valence-electron chi connectivity index (χ1n) is 29.8. The van der Waals surface area contributed by atoms with E-state index < -0.39 is 203 Å². The molecule has 2 bridgehead atoms. The predicted molar refractivity (Wildman–Crippen MR) is 329 cm³/mol. The van der Waals surface area contributed by atoms with Crippen molar-refractivity contribution < 1.29 is 125 Å². The number of fused-ring (bicyclic) bond motifs is 2. The van der Waals surface area contributed by atoms with Crippen molar-refractivity contribution in [3.8, 4) is 11.3 Å². The van der Waals surface area contributed by atoms with Crippen LogP contribution in [0.15, 0.2) is 181 Å². The SMILES string of the molecule is C1=C\CC/C=C\CC/1.Cc1ccc(P(c2ccc(C)cc2)N2[C@H]3CC[C@H](C3)[C@@H]2c2nc(-c3ccccc3)cs2)cc1.FC(F)(F)c1cc([B-](c2cc(C(F)(F)F)cc(C(F)(F)F)c2)(c2cc(C(F)(F)F)cc(C(F)(F)F)c2)c2cc(C(F)(F)F)cc(C(F)(F)F)c2)cc(C(F)(F)F)c1.[Ir]. The van der Waals surface area contributed by atoms with Gasteiger partial charge in [-0.3, -0.25) is 4.67 Å². The smallest absolute Gasteiger partial charge is 0.262 e. The molecule has 0 spiro atoms. The molecule has 1 radical (unpaired) electrons. The van der Waals surface area contributed by atoms with Crippen LogP contribution in [0.4, 0.5) is 105 Å². The van der Waals surface area contributed by atoms with Gasteiger partial charge in [0, 0.05) is 45.2 Å². The quantitative estimate of drug-likeness (QED) is 0.0620. The molecule has 2 nitrogen and oxygen atoms in total. The van der Waals surface area contributed by atoms with Crippen LogP contribution in [-0.2, 0) is 69.5 Å². The molecule has 0 unspecified atom stereocenters. The number of aryl methyl sites for hydroxylation is 2. The van der Waals surface area contributed by atoms with Crippen molar-refractivity contribution in [3.63, 3.8) is 0 Å². The molecule has 7 aromatic carbocycles. The molecule has 1 saturated carbocycles. The fourth-order valence-electron chi connectivity index (χ4n) is 12.4. The zero-order valence-electron chi connectivity index (χ0n) is 51.2. The number of benzene rings is 7. The third kappa shape index (κ3) is 18.2. The Morgan fingerprint density at radius 1 is 0.394 bits per heavy atom. The van der Waals surface area contributed by atoms with Gasteiger partial charge in [-0.25, -0.2) is 4.98 Å². The molecule has 2 fully saturated rings. The molecule has 1 saturated heterocycles. The Balaban J connectivity index is 0.000000246. The summed E-state index contributed by atoms with van der Waals surface area (Å²) in [5.41, 5.74) is -25.2. The maximum Gasteiger partial charge on any atom is 0.416 e. The van der Waals surface area contributed by atoms with Crippen molar-refractivity contribution in [1.29, 1.82) is 0 Å². The number of allylic oxidation sites excluding steroid dienone is 4. The van der Waals surface area contributed by atoms with Gasteiger partial charge in [0.2, 0.25) is 0 Å². The maximum atomic E-state index is 14.2. The summed E-state index contributed by atoms with van der Waals surface area (Å²) < 4.78 is 344. The third-order valence-corrected chi connectivity index (χ3v) is 20.5. The maximum absolute atomic E-state index is 14.2. The van der Waals surface area contributed by atoms with E-state index in [0.717, 1.165) is 5.69 Å². The van der Waals surface area contributed by atoms with E-state index in [9.17, 15) is 105 Å². The number of aromatic nitrogens is 1. The van der Waals surface area contributed by atoms with Crippen LogP contribution in [0.2, 0.25) is 0 Å². The van der Waals surface area contributed by atoms with E-state index in [-0.39, 0.29) is 20.1 Å². The number of hydrogen-bond donors (Lipinski definition) is 0. The third-order valence-electron chi connectivity index (χ3n) is 17.0. The molecule has 30 heteroatoms. The van der Waals surface area contributed by atoms with E-state index in [1.165, 1.54) is 77.3 Å². The van der Waals surface area contributed by atoms with Gasteiger partial charge < -0.3 is 0 Å². The van der Waals surface area contributed by atoms with E-state index in [2.05, 4.69) is 127 Å². The molecule has 3 aliphatic rings. The first kappa shape index (κ1) is 77.8. The van der Waals surface area contributed by atoms with Crippen molar-refractivity contribution in [2.24, 2.45) is 5.92 Å². The zero-order valence-corrected chi connectivity index (χ0v) is 55.3. The molecule has 2 aliphatic carbocycles. The summed E-state index contributed by atoms with van der Waals surface area (Å²) in [6.07, 6.45) is -36.9. The molecule has 531 valence electrons. The van der Waals surface area contributed by atoms with Crippen LogP contribution < -0.4 is 32.5 Å². The molecular weight excluding hydrogens is 1580 g/mol. The van der Waals surface area contributed by atoms with Gasteiger partial charge in [-0.15, -0.1) is 11.3 Å². The normalized spacial score (nSPS) is 17.9. The van der Waals surface area contributed by atoms with Crippen molar-refractivity contribution >= 4 is 58.0 Å². The monoisotopic (exact) mass is 1630 g/mol. The summed E-state index contributed by atoms with van der Waals surface area (Å²) in [4.78, 5) is 5.22. The molecule has 1 aliphatic heterocycles. The van der Waals surface area contributed by atoms with Crippen LogP contribution in [-0.4, -0.2) is 21.8 Å². The first-order chi connectivity index (χ1) is 45.4. The van der Waals surface area contributed by atoms with Gasteiger partial charge in [-0.1, -0.05) is 163 Å². The summed E-state index contributed by atoms with van der Waals surface area (Å²) >= 11 is 1.86. The number of piperidine rings is 1. The van der Waals surface area contributed by atoms with Crippen LogP contribution >= 0.6 is 19.4 Å². The van der Waals surface area contributed by atoms with Crippen molar-refractivity contribution in [2.75, 3.05) is 0 Å².